The maximum Gasteiger partial charge on any atom is 0.128 e. The van der Waals surface area contributed by atoms with Gasteiger partial charge in [-0.25, -0.2) is 4.98 Å². The average Bonchev–Trinajstić information content (AvgIpc) is 2.74. The molecule has 0 spiro atoms. The molecular weight excluding hydrogens is 313 g/mol. The van der Waals surface area contributed by atoms with Gasteiger partial charge in [-0.2, -0.15) is 0 Å². The van der Waals surface area contributed by atoms with Gasteiger partial charge in [-0.1, -0.05) is 6.07 Å². The highest BCUT2D eigenvalue weighted by Gasteiger charge is 2.00. The van der Waals surface area contributed by atoms with E-state index < -0.39 is 0 Å². The Kier molecular flexibility index (Phi) is 3.82. The zero-order valence-electron chi connectivity index (χ0n) is 9.15. The van der Waals surface area contributed by atoms with Crippen LogP contribution < -0.4 is 5.32 Å². The van der Waals surface area contributed by atoms with Crippen molar-refractivity contribution in [2.24, 2.45) is 0 Å². The van der Waals surface area contributed by atoms with Crippen LogP contribution in [-0.4, -0.2) is 9.55 Å². The summed E-state index contributed by atoms with van der Waals surface area (Å²) in [6.07, 6.45) is 3.85. The van der Waals surface area contributed by atoms with E-state index in [1.54, 1.807) is 0 Å². The van der Waals surface area contributed by atoms with Crippen molar-refractivity contribution in [3.8, 4) is 0 Å². The van der Waals surface area contributed by atoms with Gasteiger partial charge in [-0.3, -0.25) is 0 Å². The second-order valence-electron chi connectivity index (χ2n) is 3.49. The molecule has 0 saturated heterocycles. The third kappa shape index (κ3) is 2.75. The lowest BCUT2D eigenvalue weighted by atomic mass is 10.3. The molecule has 0 amide bonds. The van der Waals surface area contributed by atoms with Gasteiger partial charge in [0.05, 0.1) is 6.54 Å². The molecule has 0 aliphatic rings. The van der Waals surface area contributed by atoms with Gasteiger partial charge >= 0.3 is 0 Å². The summed E-state index contributed by atoms with van der Waals surface area (Å²) in [4.78, 5) is 4.32. The van der Waals surface area contributed by atoms with E-state index in [1.165, 1.54) is 3.57 Å². The van der Waals surface area contributed by atoms with Crippen LogP contribution >= 0.6 is 22.6 Å². The summed E-state index contributed by atoms with van der Waals surface area (Å²) in [5.74, 6) is 1.07. The largest absolute Gasteiger partial charge is 0.378 e. The number of benzene rings is 1. The molecule has 0 fully saturated rings. The Balaban J connectivity index is 2.02. The van der Waals surface area contributed by atoms with Crippen LogP contribution in [0.3, 0.4) is 0 Å². The Morgan fingerprint density at radius 2 is 2.31 bits per heavy atom. The van der Waals surface area contributed by atoms with Crippen LogP contribution in [0.25, 0.3) is 0 Å². The molecule has 4 heteroatoms. The number of nitrogens with zero attached hydrogens (tertiary/aromatic N) is 2. The number of hydrogen-bond acceptors (Lipinski definition) is 2. The Labute approximate surface area is 109 Å². The van der Waals surface area contributed by atoms with Crippen LogP contribution in [0.4, 0.5) is 5.69 Å². The highest BCUT2D eigenvalue weighted by Crippen LogP contribution is 2.13. The van der Waals surface area contributed by atoms with E-state index in [0.717, 1.165) is 24.6 Å². The lowest BCUT2D eigenvalue weighted by Gasteiger charge is -2.08. The van der Waals surface area contributed by atoms with Crippen LogP contribution in [0.5, 0.6) is 0 Å². The molecule has 1 aromatic carbocycles. The van der Waals surface area contributed by atoms with Gasteiger partial charge in [0.25, 0.3) is 0 Å². The van der Waals surface area contributed by atoms with Crippen molar-refractivity contribution in [1.82, 2.24) is 9.55 Å². The summed E-state index contributed by atoms with van der Waals surface area (Å²) in [7, 11) is 0. The second-order valence-corrected chi connectivity index (χ2v) is 4.74. The number of aryl methyl sites for hydroxylation is 1. The molecule has 0 aliphatic carbocycles. The fourth-order valence-corrected chi connectivity index (χ4v) is 2.12. The van der Waals surface area contributed by atoms with E-state index in [0.29, 0.717) is 0 Å². The van der Waals surface area contributed by atoms with Crippen molar-refractivity contribution in [3.63, 3.8) is 0 Å². The maximum absolute atomic E-state index is 4.32. The van der Waals surface area contributed by atoms with Gasteiger partial charge in [-0.05, 0) is 47.7 Å². The van der Waals surface area contributed by atoms with Crippen LogP contribution in [0.1, 0.15) is 12.7 Å². The molecule has 2 aromatic rings. The third-order valence-corrected chi connectivity index (χ3v) is 3.09. The second kappa shape index (κ2) is 5.34. The van der Waals surface area contributed by atoms with Gasteiger partial charge < -0.3 is 9.88 Å². The predicted octanol–water partition coefficient (Wildman–Crippen LogP) is 3.12. The SMILES string of the molecule is CCn1ccnc1CNc1cccc(I)c1. The molecule has 84 valence electrons. The summed E-state index contributed by atoms with van der Waals surface area (Å²) in [6.45, 7) is 3.85. The van der Waals surface area contributed by atoms with Gasteiger partial charge in [0.15, 0.2) is 0 Å². The number of halogens is 1. The topological polar surface area (TPSA) is 29.9 Å². The number of anilines is 1. The quantitative estimate of drug-likeness (QED) is 0.875. The lowest BCUT2D eigenvalue weighted by Crippen LogP contribution is -2.07. The molecule has 2 rings (SSSR count). The Hall–Kier alpha value is -1.04. The molecule has 0 atom stereocenters. The van der Waals surface area contributed by atoms with E-state index >= 15 is 0 Å². The van der Waals surface area contributed by atoms with Crippen LogP contribution in [0.15, 0.2) is 36.7 Å². The molecule has 0 saturated carbocycles. The van der Waals surface area contributed by atoms with Crippen molar-refractivity contribution >= 4 is 28.3 Å². The summed E-state index contributed by atoms with van der Waals surface area (Å²) in [5.41, 5.74) is 1.14. The van der Waals surface area contributed by atoms with Crippen LogP contribution in [0.2, 0.25) is 0 Å². The number of imidazole rings is 1. The molecule has 0 radical (unpaired) electrons. The molecule has 3 nitrogen and oxygen atoms in total. The van der Waals surface area contributed by atoms with Gasteiger partial charge in [0, 0.05) is 28.2 Å². The van der Waals surface area contributed by atoms with E-state index in [-0.39, 0.29) is 0 Å². The van der Waals surface area contributed by atoms with Crippen molar-refractivity contribution in [2.45, 2.75) is 20.0 Å². The number of aromatic nitrogens is 2. The fraction of sp³-hybridized carbons (Fsp3) is 0.250. The fourth-order valence-electron chi connectivity index (χ4n) is 1.57. The predicted molar refractivity (Wildman–Crippen MR) is 74.4 cm³/mol. The molecular formula is C12H14IN3. The first-order valence-corrected chi connectivity index (χ1v) is 6.37. The first-order valence-electron chi connectivity index (χ1n) is 5.29. The van der Waals surface area contributed by atoms with E-state index in [4.69, 9.17) is 0 Å². The van der Waals surface area contributed by atoms with E-state index in [2.05, 4.69) is 68.6 Å². The van der Waals surface area contributed by atoms with Crippen molar-refractivity contribution in [1.29, 1.82) is 0 Å². The van der Waals surface area contributed by atoms with Crippen LogP contribution in [0, 0.1) is 3.57 Å². The minimum atomic E-state index is 0.765. The molecule has 0 aliphatic heterocycles. The monoisotopic (exact) mass is 327 g/mol. The van der Waals surface area contributed by atoms with Crippen molar-refractivity contribution in [2.75, 3.05) is 5.32 Å². The third-order valence-electron chi connectivity index (χ3n) is 2.42. The lowest BCUT2D eigenvalue weighted by molar-refractivity contribution is 0.708. The molecule has 16 heavy (non-hydrogen) atoms. The standard InChI is InChI=1S/C12H14IN3/c1-2-16-7-6-14-12(16)9-15-11-5-3-4-10(13)8-11/h3-8,15H,2,9H2,1H3. The Morgan fingerprint density at radius 1 is 1.44 bits per heavy atom. The molecule has 0 bridgehead atoms. The van der Waals surface area contributed by atoms with Crippen LogP contribution in [-0.2, 0) is 13.1 Å². The zero-order valence-corrected chi connectivity index (χ0v) is 11.3. The maximum atomic E-state index is 4.32. The average molecular weight is 327 g/mol. The Morgan fingerprint density at radius 3 is 3.06 bits per heavy atom. The first kappa shape index (κ1) is 11.4. The Bertz CT molecular complexity index is 465. The molecule has 1 N–H and O–H groups in total. The van der Waals surface area contributed by atoms with Gasteiger partial charge in [-0.15, -0.1) is 0 Å². The summed E-state index contributed by atoms with van der Waals surface area (Å²) in [6, 6.07) is 8.33. The summed E-state index contributed by atoms with van der Waals surface area (Å²) in [5, 5.41) is 3.37. The molecule has 0 unspecified atom stereocenters. The van der Waals surface area contributed by atoms with E-state index in [9.17, 15) is 0 Å². The highest BCUT2D eigenvalue weighted by atomic mass is 127. The van der Waals surface area contributed by atoms with E-state index in [1.807, 2.05) is 12.4 Å². The minimum Gasteiger partial charge on any atom is -0.378 e. The normalized spacial score (nSPS) is 10.4. The number of rotatable bonds is 4. The van der Waals surface area contributed by atoms with Gasteiger partial charge in [0.2, 0.25) is 0 Å². The highest BCUT2D eigenvalue weighted by molar-refractivity contribution is 14.1. The number of nitrogens with one attached hydrogen (secondary N) is 1. The summed E-state index contributed by atoms with van der Waals surface area (Å²) < 4.78 is 3.38. The summed E-state index contributed by atoms with van der Waals surface area (Å²) >= 11 is 2.31. The smallest absolute Gasteiger partial charge is 0.128 e. The molecule has 1 heterocycles. The minimum absolute atomic E-state index is 0.765. The number of hydrogen-bond donors (Lipinski definition) is 1. The molecule has 1 aromatic heterocycles. The van der Waals surface area contributed by atoms with Gasteiger partial charge in [0.1, 0.15) is 5.82 Å². The van der Waals surface area contributed by atoms with Crippen molar-refractivity contribution < 1.29 is 0 Å². The first-order chi connectivity index (χ1) is 7.79. The zero-order chi connectivity index (χ0) is 11.4. The van der Waals surface area contributed by atoms with Crippen molar-refractivity contribution in [3.05, 3.63) is 46.1 Å².